The van der Waals surface area contributed by atoms with Crippen molar-refractivity contribution in [3.63, 3.8) is 0 Å². The number of esters is 1. The summed E-state index contributed by atoms with van der Waals surface area (Å²) in [5, 5.41) is 20.1. The third-order valence-corrected chi connectivity index (χ3v) is 4.82. The Bertz CT molecular complexity index is 1180. The SMILES string of the molecule is N#Cc1ccc(C2=C(O)/C(=C\c3ccc(-c4ccc(Cl)cc4)cc3)OC2=O)cc1. The molecular formula is C24H14ClNO3. The van der Waals surface area contributed by atoms with Crippen LogP contribution in [0.5, 0.6) is 0 Å². The van der Waals surface area contributed by atoms with Crippen molar-refractivity contribution in [1.82, 2.24) is 0 Å². The van der Waals surface area contributed by atoms with E-state index in [1.54, 1.807) is 30.3 Å². The predicted octanol–water partition coefficient (Wildman–Crippen LogP) is 5.75. The van der Waals surface area contributed by atoms with Crippen LogP contribution in [0, 0.1) is 11.3 Å². The van der Waals surface area contributed by atoms with Gasteiger partial charge in [0.05, 0.1) is 11.6 Å². The molecule has 0 saturated heterocycles. The lowest BCUT2D eigenvalue weighted by Gasteiger charge is -2.03. The minimum absolute atomic E-state index is 0.0820. The van der Waals surface area contributed by atoms with Gasteiger partial charge in [-0.25, -0.2) is 4.79 Å². The second-order valence-electron chi connectivity index (χ2n) is 6.44. The van der Waals surface area contributed by atoms with E-state index in [1.165, 1.54) is 0 Å². The number of carbonyl (C=O) groups excluding carboxylic acids is 1. The fourth-order valence-electron chi connectivity index (χ4n) is 3.05. The predicted molar refractivity (Wildman–Crippen MR) is 112 cm³/mol. The maximum absolute atomic E-state index is 12.3. The number of carbonyl (C=O) groups is 1. The second-order valence-corrected chi connectivity index (χ2v) is 6.88. The third-order valence-electron chi connectivity index (χ3n) is 4.57. The normalized spacial score (nSPS) is 14.8. The molecular weight excluding hydrogens is 386 g/mol. The van der Waals surface area contributed by atoms with Crippen molar-refractivity contribution in [3.05, 3.63) is 106 Å². The number of nitriles is 1. The van der Waals surface area contributed by atoms with E-state index in [2.05, 4.69) is 0 Å². The summed E-state index contributed by atoms with van der Waals surface area (Å²) in [6, 6.07) is 23.6. The molecule has 1 heterocycles. The minimum Gasteiger partial charge on any atom is -0.504 e. The van der Waals surface area contributed by atoms with Gasteiger partial charge in [-0.2, -0.15) is 5.26 Å². The molecule has 140 valence electrons. The van der Waals surface area contributed by atoms with Crippen LogP contribution in [0.25, 0.3) is 22.8 Å². The van der Waals surface area contributed by atoms with Gasteiger partial charge in [0, 0.05) is 5.02 Å². The monoisotopic (exact) mass is 399 g/mol. The van der Waals surface area contributed by atoms with Crippen molar-refractivity contribution in [2.24, 2.45) is 0 Å². The molecule has 3 aromatic carbocycles. The highest BCUT2D eigenvalue weighted by atomic mass is 35.5. The molecule has 0 aromatic heterocycles. The van der Waals surface area contributed by atoms with Gasteiger partial charge in [-0.15, -0.1) is 0 Å². The number of hydrogen-bond acceptors (Lipinski definition) is 4. The number of cyclic esters (lactones) is 1. The van der Waals surface area contributed by atoms with Crippen LogP contribution < -0.4 is 0 Å². The largest absolute Gasteiger partial charge is 0.504 e. The molecule has 5 heteroatoms. The van der Waals surface area contributed by atoms with Gasteiger partial charge >= 0.3 is 5.97 Å². The van der Waals surface area contributed by atoms with Crippen LogP contribution in [-0.4, -0.2) is 11.1 Å². The van der Waals surface area contributed by atoms with E-state index in [4.69, 9.17) is 21.6 Å². The summed E-state index contributed by atoms with van der Waals surface area (Å²) >= 11 is 5.92. The van der Waals surface area contributed by atoms with Gasteiger partial charge in [-0.3, -0.25) is 0 Å². The summed E-state index contributed by atoms with van der Waals surface area (Å²) in [6.07, 6.45) is 1.61. The molecule has 1 N–H and O–H groups in total. The van der Waals surface area contributed by atoms with Gasteiger partial charge in [0.1, 0.15) is 5.57 Å². The number of ether oxygens (including phenoxy) is 1. The Hall–Kier alpha value is -3.81. The summed E-state index contributed by atoms with van der Waals surface area (Å²) in [6.45, 7) is 0. The van der Waals surface area contributed by atoms with E-state index in [0.717, 1.165) is 16.7 Å². The molecule has 0 fully saturated rings. The molecule has 0 unspecified atom stereocenters. The first-order valence-corrected chi connectivity index (χ1v) is 9.17. The molecule has 3 aromatic rings. The molecule has 4 nitrogen and oxygen atoms in total. The smallest absolute Gasteiger partial charge is 0.348 e. The summed E-state index contributed by atoms with van der Waals surface area (Å²) in [5.41, 5.74) is 3.87. The van der Waals surface area contributed by atoms with Crippen LogP contribution in [0.2, 0.25) is 5.02 Å². The number of rotatable bonds is 3. The van der Waals surface area contributed by atoms with E-state index < -0.39 is 5.97 Å². The van der Waals surface area contributed by atoms with Crippen LogP contribution in [0.1, 0.15) is 16.7 Å². The zero-order valence-corrected chi connectivity index (χ0v) is 15.9. The maximum atomic E-state index is 12.3. The molecule has 1 aliphatic heterocycles. The molecule has 0 saturated carbocycles. The number of hydrogen-bond donors (Lipinski definition) is 1. The molecule has 4 rings (SSSR count). The Morgan fingerprint density at radius 1 is 0.862 bits per heavy atom. The van der Waals surface area contributed by atoms with Gasteiger partial charge in [0.15, 0.2) is 11.5 Å². The fraction of sp³-hybridized carbons (Fsp3) is 0. The number of aliphatic hydroxyl groups is 1. The first-order valence-electron chi connectivity index (χ1n) is 8.79. The topological polar surface area (TPSA) is 70.3 Å². The van der Waals surface area contributed by atoms with Gasteiger partial charge < -0.3 is 9.84 Å². The number of nitrogens with zero attached hydrogens (tertiary/aromatic N) is 1. The highest BCUT2D eigenvalue weighted by Crippen LogP contribution is 2.33. The van der Waals surface area contributed by atoms with Gasteiger partial charge in [0.25, 0.3) is 0 Å². The molecule has 0 atom stereocenters. The van der Waals surface area contributed by atoms with Gasteiger partial charge in [-0.1, -0.05) is 60.1 Å². The first-order chi connectivity index (χ1) is 14.0. The van der Waals surface area contributed by atoms with Gasteiger partial charge in [-0.05, 0) is 52.6 Å². The van der Waals surface area contributed by atoms with Crippen molar-refractivity contribution in [2.45, 2.75) is 0 Å². The van der Waals surface area contributed by atoms with E-state index in [1.807, 2.05) is 54.6 Å². The van der Waals surface area contributed by atoms with Crippen molar-refractivity contribution in [2.75, 3.05) is 0 Å². The number of aliphatic hydroxyl groups excluding tert-OH is 1. The molecule has 0 amide bonds. The third kappa shape index (κ3) is 3.77. The summed E-state index contributed by atoms with van der Waals surface area (Å²) in [4.78, 5) is 12.3. The summed E-state index contributed by atoms with van der Waals surface area (Å²) < 4.78 is 5.25. The van der Waals surface area contributed by atoms with Crippen molar-refractivity contribution in [3.8, 4) is 17.2 Å². The average Bonchev–Trinajstić information content (AvgIpc) is 3.02. The molecule has 29 heavy (non-hydrogen) atoms. The van der Waals surface area contributed by atoms with Crippen molar-refractivity contribution in [1.29, 1.82) is 5.26 Å². The van der Waals surface area contributed by atoms with Crippen LogP contribution in [0.3, 0.4) is 0 Å². The highest BCUT2D eigenvalue weighted by molar-refractivity contribution is 6.30. The Morgan fingerprint density at radius 2 is 1.41 bits per heavy atom. The molecule has 0 spiro atoms. The van der Waals surface area contributed by atoms with E-state index in [9.17, 15) is 9.90 Å². The lowest BCUT2D eigenvalue weighted by Crippen LogP contribution is -1.98. The van der Waals surface area contributed by atoms with Crippen molar-refractivity contribution >= 4 is 29.2 Å². The summed E-state index contributed by atoms with van der Waals surface area (Å²) in [5.74, 6) is -0.758. The Labute approximate surface area is 172 Å². The first kappa shape index (κ1) is 18.5. The standard InChI is InChI=1S/C24H14ClNO3/c25-20-11-9-18(10-12-20)17-5-1-15(2-6-17)13-21-23(27)22(24(28)29-21)19-7-3-16(14-26)4-8-19/h1-13,27H/b21-13+. The minimum atomic E-state index is -0.628. The zero-order valence-electron chi connectivity index (χ0n) is 15.1. The van der Waals surface area contributed by atoms with Crippen LogP contribution in [-0.2, 0) is 9.53 Å². The molecule has 0 bridgehead atoms. The van der Waals surface area contributed by atoms with E-state index in [0.29, 0.717) is 16.1 Å². The number of benzene rings is 3. The van der Waals surface area contributed by atoms with Crippen LogP contribution in [0.15, 0.2) is 84.3 Å². The molecule has 0 radical (unpaired) electrons. The van der Waals surface area contributed by atoms with Gasteiger partial charge in [0.2, 0.25) is 0 Å². The number of halogens is 1. The Balaban J connectivity index is 1.62. The summed E-state index contributed by atoms with van der Waals surface area (Å²) in [7, 11) is 0. The van der Waals surface area contributed by atoms with Crippen molar-refractivity contribution < 1.29 is 14.6 Å². The van der Waals surface area contributed by atoms with E-state index >= 15 is 0 Å². The fourth-order valence-corrected chi connectivity index (χ4v) is 3.17. The van der Waals surface area contributed by atoms with Crippen LogP contribution >= 0.6 is 11.6 Å². The zero-order chi connectivity index (χ0) is 20.4. The Kier molecular flexibility index (Phi) is 4.90. The highest BCUT2D eigenvalue weighted by Gasteiger charge is 2.31. The maximum Gasteiger partial charge on any atom is 0.348 e. The molecule has 0 aliphatic carbocycles. The second kappa shape index (κ2) is 7.67. The average molecular weight is 400 g/mol. The quantitative estimate of drug-likeness (QED) is 0.569. The van der Waals surface area contributed by atoms with E-state index in [-0.39, 0.29) is 17.1 Å². The molecule has 1 aliphatic rings. The Morgan fingerprint density at radius 3 is 2.00 bits per heavy atom. The van der Waals surface area contributed by atoms with Crippen LogP contribution in [0.4, 0.5) is 0 Å². The lowest BCUT2D eigenvalue weighted by atomic mass is 10.0. The lowest BCUT2D eigenvalue weighted by molar-refractivity contribution is -0.131.